The zero-order valence-electron chi connectivity index (χ0n) is 11.0. The maximum absolute atomic E-state index is 11.5. The summed E-state index contributed by atoms with van der Waals surface area (Å²) in [5.41, 5.74) is 1.93. The van der Waals surface area contributed by atoms with Crippen LogP contribution >= 0.6 is 23.4 Å². The van der Waals surface area contributed by atoms with Crippen LogP contribution < -0.4 is 5.32 Å². The summed E-state index contributed by atoms with van der Waals surface area (Å²) >= 11 is 6.86. The molecule has 1 fully saturated rings. The second-order valence-corrected chi connectivity index (χ2v) is 5.96. The molecule has 0 saturated carbocycles. The summed E-state index contributed by atoms with van der Waals surface area (Å²) in [5, 5.41) is 2.46. The average Bonchev–Trinajstić information content (AvgIpc) is 3.00. The van der Waals surface area contributed by atoms with Crippen molar-refractivity contribution in [3.63, 3.8) is 0 Å². The van der Waals surface area contributed by atoms with Gasteiger partial charge in [0.1, 0.15) is 11.5 Å². The summed E-state index contributed by atoms with van der Waals surface area (Å²) in [6, 6.07) is 9.12. The van der Waals surface area contributed by atoms with Gasteiger partial charge in [-0.1, -0.05) is 17.7 Å². The lowest BCUT2D eigenvalue weighted by Gasteiger charge is -2.02. The van der Waals surface area contributed by atoms with Gasteiger partial charge in [0.2, 0.25) is 0 Å². The van der Waals surface area contributed by atoms with Gasteiger partial charge in [0, 0.05) is 16.7 Å². The first-order valence-electron chi connectivity index (χ1n) is 6.14. The van der Waals surface area contributed by atoms with E-state index in [1.165, 1.54) is 0 Å². The molecular formula is C15H10ClNO3S. The van der Waals surface area contributed by atoms with E-state index >= 15 is 0 Å². The van der Waals surface area contributed by atoms with Crippen LogP contribution in [0.3, 0.4) is 0 Å². The Hall–Kier alpha value is -1.98. The molecule has 21 heavy (non-hydrogen) atoms. The molecule has 0 unspecified atom stereocenters. The molecule has 0 spiro atoms. The van der Waals surface area contributed by atoms with Crippen LogP contribution in [0.2, 0.25) is 5.02 Å². The smallest absolute Gasteiger partial charge is 0.290 e. The van der Waals surface area contributed by atoms with E-state index in [9.17, 15) is 9.59 Å². The van der Waals surface area contributed by atoms with E-state index < -0.39 is 5.91 Å². The van der Waals surface area contributed by atoms with Crippen molar-refractivity contribution in [2.45, 2.75) is 6.92 Å². The van der Waals surface area contributed by atoms with Crippen molar-refractivity contribution in [2.75, 3.05) is 0 Å². The van der Waals surface area contributed by atoms with Gasteiger partial charge in [-0.25, -0.2) is 0 Å². The topological polar surface area (TPSA) is 59.3 Å². The Kier molecular flexibility index (Phi) is 3.61. The second kappa shape index (κ2) is 5.42. The monoisotopic (exact) mass is 319 g/mol. The number of benzene rings is 1. The van der Waals surface area contributed by atoms with Gasteiger partial charge in [-0.2, -0.15) is 0 Å². The molecule has 2 heterocycles. The number of hydrogen-bond donors (Lipinski definition) is 1. The molecule has 1 aromatic carbocycles. The van der Waals surface area contributed by atoms with Crippen molar-refractivity contribution in [2.24, 2.45) is 0 Å². The number of aryl methyl sites for hydroxylation is 1. The number of hydrogen-bond acceptors (Lipinski definition) is 4. The molecule has 6 heteroatoms. The Balaban J connectivity index is 1.94. The van der Waals surface area contributed by atoms with Crippen LogP contribution in [0.5, 0.6) is 0 Å². The lowest BCUT2D eigenvalue weighted by molar-refractivity contribution is -0.115. The quantitative estimate of drug-likeness (QED) is 0.841. The van der Waals surface area contributed by atoms with E-state index in [1.807, 2.05) is 31.2 Å². The van der Waals surface area contributed by atoms with Gasteiger partial charge in [-0.05, 0) is 48.5 Å². The largest absolute Gasteiger partial charge is 0.457 e. The van der Waals surface area contributed by atoms with E-state index in [1.54, 1.807) is 12.1 Å². The summed E-state index contributed by atoms with van der Waals surface area (Å²) in [5.74, 6) is 0.773. The highest BCUT2D eigenvalue weighted by molar-refractivity contribution is 8.18. The van der Waals surface area contributed by atoms with E-state index in [0.717, 1.165) is 22.9 Å². The molecule has 0 atom stereocenters. The molecule has 3 rings (SSSR count). The van der Waals surface area contributed by atoms with Gasteiger partial charge in [0.25, 0.3) is 11.1 Å². The third-order valence-electron chi connectivity index (χ3n) is 3.01. The predicted molar refractivity (Wildman–Crippen MR) is 83.0 cm³/mol. The second-order valence-electron chi connectivity index (χ2n) is 4.51. The zero-order chi connectivity index (χ0) is 15.0. The summed E-state index contributed by atoms with van der Waals surface area (Å²) in [6.07, 6.45) is 1.55. The first kappa shape index (κ1) is 14.0. The van der Waals surface area contributed by atoms with Crippen molar-refractivity contribution in [3.05, 3.63) is 51.6 Å². The Bertz CT molecular complexity index is 779. The first-order valence-corrected chi connectivity index (χ1v) is 7.33. The Morgan fingerprint density at radius 2 is 2.05 bits per heavy atom. The third kappa shape index (κ3) is 2.89. The van der Waals surface area contributed by atoms with Crippen LogP contribution in [0.15, 0.2) is 39.7 Å². The molecule has 2 aromatic rings. The molecule has 1 aliphatic rings. The molecule has 1 aliphatic heterocycles. The normalized spacial score (nSPS) is 16.6. The summed E-state index contributed by atoms with van der Waals surface area (Å²) in [6.45, 7) is 1.96. The molecule has 1 saturated heterocycles. The van der Waals surface area contributed by atoms with Crippen molar-refractivity contribution < 1.29 is 14.0 Å². The maximum atomic E-state index is 11.5. The number of halogens is 1. The molecule has 106 valence electrons. The molecule has 4 nitrogen and oxygen atoms in total. The number of carbonyl (C=O) groups is 2. The number of furan rings is 1. The Morgan fingerprint density at radius 3 is 2.76 bits per heavy atom. The minimum atomic E-state index is -0.401. The number of rotatable bonds is 2. The highest BCUT2D eigenvalue weighted by atomic mass is 35.5. The van der Waals surface area contributed by atoms with Crippen molar-refractivity contribution in [3.8, 4) is 11.3 Å². The standard InChI is InChI=1S/C15H10ClNO3S/c1-8-2-3-9(16)6-11(8)12-5-4-10(20-12)7-13-14(18)17-15(19)21-13/h2-7H,1H3,(H,17,18,19)/b13-7+. The third-order valence-corrected chi connectivity index (χ3v) is 4.05. The average molecular weight is 320 g/mol. The van der Waals surface area contributed by atoms with Gasteiger partial charge >= 0.3 is 0 Å². The molecular weight excluding hydrogens is 310 g/mol. The fourth-order valence-electron chi connectivity index (χ4n) is 1.99. The molecule has 0 radical (unpaired) electrons. The number of carbonyl (C=O) groups excluding carboxylic acids is 2. The minimum Gasteiger partial charge on any atom is -0.457 e. The number of imide groups is 1. The molecule has 1 N–H and O–H groups in total. The fraction of sp³-hybridized carbons (Fsp3) is 0.0667. The van der Waals surface area contributed by atoms with E-state index in [0.29, 0.717) is 21.4 Å². The lowest BCUT2D eigenvalue weighted by atomic mass is 10.1. The summed E-state index contributed by atoms with van der Waals surface area (Å²) in [4.78, 5) is 22.9. The van der Waals surface area contributed by atoms with E-state index in [2.05, 4.69) is 5.32 Å². The summed E-state index contributed by atoms with van der Waals surface area (Å²) < 4.78 is 5.71. The highest BCUT2D eigenvalue weighted by Crippen LogP contribution is 2.31. The van der Waals surface area contributed by atoms with Crippen LogP contribution in [0.4, 0.5) is 4.79 Å². The molecule has 1 aromatic heterocycles. The van der Waals surface area contributed by atoms with Gasteiger partial charge in [0.15, 0.2) is 0 Å². The minimum absolute atomic E-state index is 0.323. The first-order chi connectivity index (χ1) is 10.0. The maximum Gasteiger partial charge on any atom is 0.290 e. The number of amides is 2. The molecule has 2 amide bonds. The number of thioether (sulfide) groups is 1. The van der Waals surface area contributed by atoms with Gasteiger partial charge in [-0.3, -0.25) is 14.9 Å². The van der Waals surface area contributed by atoms with Gasteiger partial charge in [0.05, 0.1) is 4.91 Å². The van der Waals surface area contributed by atoms with E-state index in [-0.39, 0.29) is 5.24 Å². The van der Waals surface area contributed by atoms with Crippen molar-refractivity contribution in [1.29, 1.82) is 0 Å². The summed E-state index contributed by atoms with van der Waals surface area (Å²) in [7, 11) is 0. The molecule has 0 bridgehead atoms. The van der Waals surface area contributed by atoms with E-state index in [4.69, 9.17) is 16.0 Å². The fourth-order valence-corrected chi connectivity index (χ4v) is 2.82. The molecule has 0 aliphatic carbocycles. The van der Waals surface area contributed by atoms with Crippen molar-refractivity contribution >= 4 is 40.6 Å². The SMILES string of the molecule is Cc1ccc(Cl)cc1-c1ccc(/C=C2/SC(=O)NC2=O)o1. The van der Waals surface area contributed by atoms with Crippen LogP contribution in [-0.2, 0) is 4.79 Å². The van der Waals surface area contributed by atoms with Crippen molar-refractivity contribution in [1.82, 2.24) is 5.32 Å². The lowest BCUT2D eigenvalue weighted by Crippen LogP contribution is -2.17. The van der Waals surface area contributed by atoms with Crippen LogP contribution in [0.1, 0.15) is 11.3 Å². The van der Waals surface area contributed by atoms with Gasteiger partial charge in [-0.15, -0.1) is 0 Å². The predicted octanol–water partition coefficient (Wildman–Crippen LogP) is 4.23. The zero-order valence-corrected chi connectivity index (χ0v) is 12.5. The van der Waals surface area contributed by atoms with Crippen LogP contribution in [-0.4, -0.2) is 11.1 Å². The van der Waals surface area contributed by atoms with Crippen LogP contribution in [0.25, 0.3) is 17.4 Å². The Morgan fingerprint density at radius 1 is 1.24 bits per heavy atom. The van der Waals surface area contributed by atoms with Gasteiger partial charge < -0.3 is 4.42 Å². The Labute approximate surface area is 130 Å². The number of nitrogens with one attached hydrogen (secondary N) is 1. The van der Waals surface area contributed by atoms with Crippen LogP contribution in [0, 0.1) is 6.92 Å². The highest BCUT2D eigenvalue weighted by Gasteiger charge is 2.25.